The lowest BCUT2D eigenvalue weighted by Crippen LogP contribution is -2.47. The third-order valence-corrected chi connectivity index (χ3v) is 4.95. The zero-order valence-corrected chi connectivity index (χ0v) is 14.6. The van der Waals surface area contributed by atoms with E-state index in [-0.39, 0.29) is 12.0 Å². The summed E-state index contributed by atoms with van der Waals surface area (Å²) in [4.78, 5) is 33.2. The van der Waals surface area contributed by atoms with Gasteiger partial charge in [-0.3, -0.25) is 0 Å². The first-order valence-electron chi connectivity index (χ1n) is 7.11. The average Bonchev–Trinajstić information content (AvgIpc) is 2.79. The lowest BCUT2D eigenvalue weighted by atomic mass is 9.98. The molecule has 0 saturated heterocycles. The van der Waals surface area contributed by atoms with E-state index >= 15 is 0 Å². The molecule has 0 fully saturated rings. The van der Waals surface area contributed by atoms with Crippen molar-refractivity contribution >= 4 is 23.3 Å². The van der Waals surface area contributed by atoms with E-state index in [2.05, 4.69) is 4.98 Å². The van der Waals surface area contributed by atoms with Gasteiger partial charge in [0.25, 0.3) is 0 Å². The maximum absolute atomic E-state index is 12.4. The first-order valence-corrected chi connectivity index (χ1v) is 7.93. The molecule has 120 valence electrons. The minimum Gasteiger partial charge on any atom is -0.463 e. The molecular weight excluding hydrogens is 302 g/mol. The van der Waals surface area contributed by atoms with Gasteiger partial charge in [0, 0.05) is 19.8 Å². The predicted molar refractivity (Wildman–Crippen MR) is 84.6 cm³/mol. The van der Waals surface area contributed by atoms with E-state index < -0.39 is 6.04 Å². The summed E-state index contributed by atoms with van der Waals surface area (Å²) in [6.45, 7) is 7.65. The molecule has 0 spiro atoms. The number of aromatic nitrogens is 1. The van der Waals surface area contributed by atoms with Crippen LogP contribution in [0.2, 0.25) is 0 Å². The number of hydrogen-bond acceptors (Lipinski definition) is 5. The van der Waals surface area contributed by atoms with Crippen LogP contribution in [-0.2, 0) is 9.53 Å². The number of hydrogen-bond donors (Lipinski definition) is 0. The fourth-order valence-corrected chi connectivity index (χ4v) is 3.72. The normalized spacial score (nSPS) is 19.0. The predicted octanol–water partition coefficient (Wildman–Crippen LogP) is 2.64. The molecule has 2 heterocycles. The van der Waals surface area contributed by atoms with Crippen molar-refractivity contribution in [2.75, 3.05) is 20.7 Å². The molecule has 0 saturated carbocycles. The van der Waals surface area contributed by atoms with Crippen LogP contribution < -0.4 is 0 Å². The number of allylic oxidation sites excluding steroid dienone is 1. The highest BCUT2D eigenvalue weighted by Gasteiger charge is 2.40. The second-order valence-electron chi connectivity index (χ2n) is 5.26. The summed E-state index contributed by atoms with van der Waals surface area (Å²) in [5, 5.41) is 0.910. The summed E-state index contributed by atoms with van der Waals surface area (Å²) in [6, 6.07) is -0.602. The van der Waals surface area contributed by atoms with Gasteiger partial charge in [-0.15, -0.1) is 11.3 Å². The van der Waals surface area contributed by atoms with Crippen molar-refractivity contribution in [3.05, 3.63) is 26.8 Å². The molecule has 0 radical (unpaired) electrons. The third kappa shape index (κ3) is 2.61. The Morgan fingerprint density at radius 3 is 2.45 bits per heavy atom. The zero-order valence-electron chi connectivity index (χ0n) is 13.8. The van der Waals surface area contributed by atoms with Gasteiger partial charge in [-0.1, -0.05) is 0 Å². The first-order chi connectivity index (χ1) is 10.3. The molecule has 2 amide bonds. The number of esters is 1. The highest BCUT2D eigenvalue weighted by molar-refractivity contribution is 7.11. The molecule has 7 heteroatoms. The van der Waals surface area contributed by atoms with Gasteiger partial charge < -0.3 is 14.5 Å². The molecule has 22 heavy (non-hydrogen) atoms. The van der Waals surface area contributed by atoms with Crippen molar-refractivity contribution in [3.8, 4) is 0 Å². The second kappa shape index (κ2) is 6.08. The summed E-state index contributed by atoms with van der Waals surface area (Å²) >= 11 is 1.50. The molecule has 6 nitrogen and oxygen atoms in total. The summed E-state index contributed by atoms with van der Waals surface area (Å²) in [5.74, 6) is -0.387. The number of aryl methyl sites for hydroxylation is 2. The minimum absolute atomic E-state index is 0.152. The van der Waals surface area contributed by atoms with Gasteiger partial charge in [-0.2, -0.15) is 0 Å². The Labute approximate surface area is 134 Å². The molecule has 1 unspecified atom stereocenters. The molecule has 1 aliphatic rings. The van der Waals surface area contributed by atoms with Crippen LogP contribution in [0.15, 0.2) is 11.3 Å². The lowest BCUT2D eigenvalue weighted by molar-refractivity contribution is -0.139. The fraction of sp³-hybridized carbons (Fsp3) is 0.533. The van der Waals surface area contributed by atoms with Crippen LogP contribution in [0.4, 0.5) is 4.79 Å². The maximum Gasteiger partial charge on any atom is 0.338 e. The Morgan fingerprint density at radius 1 is 1.32 bits per heavy atom. The van der Waals surface area contributed by atoms with Gasteiger partial charge in [0.1, 0.15) is 6.04 Å². The van der Waals surface area contributed by atoms with E-state index in [1.54, 1.807) is 32.8 Å². The summed E-state index contributed by atoms with van der Waals surface area (Å²) in [7, 11) is 3.36. The number of thiazole rings is 1. The standard InChI is InChI=1S/C15H21N3O3S/c1-7-21-14(19)11-9(3)17(5)15(20)18(6)12(11)13-8(2)16-10(4)22-13/h12H,7H2,1-6H3. The second-order valence-corrected chi connectivity index (χ2v) is 6.49. The number of rotatable bonds is 3. The number of carbonyl (C=O) groups is 2. The van der Waals surface area contributed by atoms with Crippen molar-refractivity contribution in [1.82, 2.24) is 14.8 Å². The number of urea groups is 1. The monoisotopic (exact) mass is 323 g/mol. The Morgan fingerprint density at radius 2 is 1.95 bits per heavy atom. The van der Waals surface area contributed by atoms with E-state index in [0.29, 0.717) is 17.9 Å². The van der Waals surface area contributed by atoms with Crippen molar-refractivity contribution in [1.29, 1.82) is 0 Å². The van der Waals surface area contributed by atoms with Gasteiger partial charge in [0.05, 0.1) is 27.8 Å². The van der Waals surface area contributed by atoms with Gasteiger partial charge in [-0.25, -0.2) is 14.6 Å². The molecule has 1 aromatic rings. The number of amides is 2. The quantitative estimate of drug-likeness (QED) is 0.802. The Balaban J connectivity index is 2.62. The molecular formula is C15H21N3O3S. The van der Waals surface area contributed by atoms with E-state index in [1.165, 1.54) is 16.2 Å². The molecule has 1 atom stereocenters. The SMILES string of the molecule is CCOC(=O)C1=C(C)N(C)C(=O)N(C)C1c1sc(C)nc1C. The van der Waals surface area contributed by atoms with E-state index in [4.69, 9.17) is 4.74 Å². The van der Waals surface area contributed by atoms with Crippen LogP contribution in [-0.4, -0.2) is 47.5 Å². The molecule has 0 aliphatic carbocycles. The molecule has 0 aromatic carbocycles. The van der Waals surface area contributed by atoms with Crippen LogP contribution >= 0.6 is 11.3 Å². The third-order valence-electron chi connectivity index (χ3n) is 3.83. The molecule has 1 aromatic heterocycles. The average molecular weight is 323 g/mol. The number of nitrogens with zero attached hydrogens (tertiary/aromatic N) is 3. The number of carbonyl (C=O) groups excluding carboxylic acids is 2. The molecule has 2 rings (SSSR count). The Bertz CT molecular complexity index is 650. The smallest absolute Gasteiger partial charge is 0.338 e. The molecule has 0 bridgehead atoms. The number of likely N-dealkylation sites (N-methyl/N-ethyl adjacent to an activating group) is 1. The first kappa shape index (κ1) is 16.5. The largest absolute Gasteiger partial charge is 0.463 e. The van der Waals surface area contributed by atoms with Crippen molar-refractivity contribution < 1.29 is 14.3 Å². The van der Waals surface area contributed by atoms with E-state index in [1.807, 2.05) is 13.8 Å². The minimum atomic E-state index is -0.450. The number of ether oxygens (including phenoxy) is 1. The zero-order chi connectivity index (χ0) is 16.6. The van der Waals surface area contributed by atoms with Crippen molar-refractivity contribution in [2.24, 2.45) is 0 Å². The van der Waals surface area contributed by atoms with E-state index in [9.17, 15) is 9.59 Å². The van der Waals surface area contributed by atoms with Crippen LogP contribution in [0.1, 0.15) is 35.5 Å². The van der Waals surface area contributed by atoms with Gasteiger partial charge in [0.2, 0.25) is 0 Å². The topological polar surface area (TPSA) is 62.7 Å². The van der Waals surface area contributed by atoms with Gasteiger partial charge >= 0.3 is 12.0 Å². The Hall–Kier alpha value is -1.89. The fourth-order valence-electron chi connectivity index (χ4n) is 2.64. The van der Waals surface area contributed by atoms with Crippen LogP contribution in [0.25, 0.3) is 0 Å². The highest BCUT2D eigenvalue weighted by Crippen LogP contribution is 2.39. The van der Waals surface area contributed by atoms with Crippen molar-refractivity contribution in [2.45, 2.75) is 33.7 Å². The van der Waals surface area contributed by atoms with Crippen molar-refractivity contribution in [3.63, 3.8) is 0 Å². The summed E-state index contributed by atoms with van der Waals surface area (Å²) < 4.78 is 5.20. The van der Waals surface area contributed by atoms with E-state index in [0.717, 1.165) is 15.6 Å². The highest BCUT2D eigenvalue weighted by atomic mass is 32.1. The van der Waals surface area contributed by atoms with Crippen LogP contribution in [0.3, 0.4) is 0 Å². The van der Waals surface area contributed by atoms with Crippen LogP contribution in [0, 0.1) is 13.8 Å². The maximum atomic E-state index is 12.4. The van der Waals surface area contributed by atoms with Crippen LogP contribution in [0.5, 0.6) is 0 Å². The van der Waals surface area contributed by atoms with Gasteiger partial charge in [-0.05, 0) is 27.7 Å². The summed E-state index contributed by atoms with van der Waals surface area (Å²) in [5.41, 5.74) is 1.96. The molecule has 0 N–H and O–H groups in total. The molecule has 1 aliphatic heterocycles. The Kier molecular flexibility index (Phi) is 4.55. The lowest BCUT2D eigenvalue weighted by Gasteiger charge is -2.38. The van der Waals surface area contributed by atoms with Gasteiger partial charge in [0.15, 0.2) is 0 Å². The summed E-state index contributed by atoms with van der Waals surface area (Å²) in [6.07, 6.45) is 0.